The van der Waals surface area contributed by atoms with Crippen LogP contribution in [0.15, 0.2) is 41.3 Å². The molecule has 1 saturated heterocycles. The summed E-state index contributed by atoms with van der Waals surface area (Å²) in [6.07, 6.45) is 2.71. The van der Waals surface area contributed by atoms with E-state index in [1.807, 2.05) is 6.92 Å². The molecule has 8 heteroatoms. The zero-order valence-electron chi connectivity index (χ0n) is 15.7. The van der Waals surface area contributed by atoms with E-state index in [1.165, 1.54) is 10.4 Å². The maximum Gasteiger partial charge on any atom is 0.256 e. The first-order valence-corrected chi connectivity index (χ1v) is 11.3. The van der Waals surface area contributed by atoms with Gasteiger partial charge in [-0.3, -0.25) is 4.79 Å². The molecular weight excluding hydrogens is 419 g/mol. The van der Waals surface area contributed by atoms with Crippen molar-refractivity contribution < 1.29 is 13.2 Å². The van der Waals surface area contributed by atoms with E-state index in [9.17, 15) is 13.2 Å². The first-order chi connectivity index (χ1) is 13.2. The number of amides is 1. The molecule has 0 aromatic heterocycles. The minimum atomic E-state index is -3.67. The fraction of sp³-hybridized carbons (Fsp3) is 0.350. The number of sulfonamides is 1. The first kappa shape index (κ1) is 21.1. The Morgan fingerprint density at radius 1 is 1.14 bits per heavy atom. The summed E-state index contributed by atoms with van der Waals surface area (Å²) in [5.74, 6) is -0.439. The van der Waals surface area contributed by atoms with Crippen LogP contribution in [0.25, 0.3) is 0 Å². The minimum Gasteiger partial charge on any atom is -0.321 e. The second-order valence-electron chi connectivity index (χ2n) is 7.02. The Morgan fingerprint density at radius 3 is 2.61 bits per heavy atom. The molecule has 1 amide bonds. The highest BCUT2D eigenvalue weighted by atomic mass is 35.5. The lowest BCUT2D eigenvalue weighted by Crippen LogP contribution is -2.42. The van der Waals surface area contributed by atoms with E-state index in [-0.39, 0.29) is 16.5 Å². The monoisotopic (exact) mass is 440 g/mol. The van der Waals surface area contributed by atoms with Gasteiger partial charge in [-0.1, -0.05) is 35.7 Å². The number of piperidine rings is 1. The molecule has 1 unspecified atom stereocenters. The summed E-state index contributed by atoms with van der Waals surface area (Å²) in [4.78, 5) is 12.9. The van der Waals surface area contributed by atoms with Crippen molar-refractivity contribution in [3.8, 4) is 0 Å². The normalized spacial score (nSPS) is 18.1. The van der Waals surface area contributed by atoms with Crippen LogP contribution in [0.1, 0.15) is 42.1 Å². The number of hydrogen-bond donors (Lipinski definition) is 1. The summed E-state index contributed by atoms with van der Waals surface area (Å²) in [7, 11) is -3.67. The molecule has 28 heavy (non-hydrogen) atoms. The largest absolute Gasteiger partial charge is 0.321 e. The van der Waals surface area contributed by atoms with Crippen LogP contribution in [0, 0.1) is 6.92 Å². The highest BCUT2D eigenvalue weighted by Crippen LogP contribution is 2.28. The third kappa shape index (κ3) is 4.35. The van der Waals surface area contributed by atoms with Crippen molar-refractivity contribution in [2.45, 2.75) is 44.0 Å². The molecule has 1 heterocycles. The van der Waals surface area contributed by atoms with Gasteiger partial charge in [-0.05, 0) is 62.6 Å². The molecule has 5 nitrogen and oxygen atoms in total. The maximum atomic E-state index is 13.1. The predicted molar refractivity (Wildman–Crippen MR) is 113 cm³/mol. The van der Waals surface area contributed by atoms with E-state index in [2.05, 4.69) is 5.32 Å². The molecular formula is C20H22Cl2N2O3S. The number of aryl methyl sites for hydroxylation is 1. The average molecular weight is 441 g/mol. The smallest absolute Gasteiger partial charge is 0.256 e. The third-order valence-corrected chi connectivity index (χ3v) is 7.55. The van der Waals surface area contributed by atoms with E-state index in [0.29, 0.717) is 27.8 Å². The quantitative estimate of drug-likeness (QED) is 0.717. The highest BCUT2D eigenvalue weighted by Gasteiger charge is 2.31. The van der Waals surface area contributed by atoms with Crippen molar-refractivity contribution in [2.75, 3.05) is 11.9 Å². The Kier molecular flexibility index (Phi) is 6.34. The van der Waals surface area contributed by atoms with Crippen LogP contribution in [0.5, 0.6) is 0 Å². The molecule has 2 aromatic carbocycles. The number of benzene rings is 2. The highest BCUT2D eigenvalue weighted by molar-refractivity contribution is 7.89. The predicted octanol–water partition coefficient (Wildman–Crippen LogP) is 5.12. The Balaban J connectivity index is 1.93. The van der Waals surface area contributed by atoms with Crippen molar-refractivity contribution in [1.29, 1.82) is 0 Å². The van der Waals surface area contributed by atoms with Crippen LogP contribution < -0.4 is 5.32 Å². The zero-order chi connectivity index (χ0) is 20.5. The number of anilines is 1. The van der Waals surface area contributed by atoms with Gasteiger partial charge in [0.2, 0.25) is 10.0 Å². The summed E-state index contributed by atoms with van der Waals surface area (Å²) in [5, 5.41) is 3.50. The van der Waals surface area contributed by atoms with Gasteiger partial charge < -0.3 is 5.32 Å². The lowest BCUT2D eigenvalue weighted by molar-refractivity contribution is 0.102. The molecule has 0 saturated carbocycles. The fourth-order valence-corrected chi connectivity index (χ4v) is 5.42. The van der Waals surface area contributed by atoms with Crippen molar-refractivity contribution in [1.82, 2.24) is 4.31 Å². The van der Waals surface area contributed by atoms with E-state index in [1.54, 1.807) is 37.3 Å². The van der Waals surface area contributed by atoms with Crippen LogP contribution in [0.2, 0.25) is 10.0 Å². The number of halogens is 2. The molecule has 0 aliphatic carbocycles. The van der Waals surface area contributed by atoms with Gasteiger partial charge in [0, 0.05) is 23.2 Å². The van der Waals surface area contributed by atoms with Crippen molar-refractivity contribution in [3.63, 3.8) is 0 Å². The van der Waals surface area contributed by atoms with Crippen LogP contribution in [-0.4, -0.2) is 31.2 Å². The summed E-state index contributed by atoms with van der Waals surface area (Å²) < 4.78 is 27.7. The minimum absolute atomic E-state index is 0.0532. The van der Waals surface area contributed by atoms with E-state index in [0.717, 1.165) is 19.3 Å². The number of carbonyl (C=O) groups excluding carboxylic acids is 1. The van der Waals surface area contributed by atoms with Crippen molar-refractivity contribution in [3.05, 3.63) is 57.6 Å². The molecule has 1 aliphatic rings. The molecule has 1 aliphatic heterocycles. The maximum absolute atomic E-state index is 13.1. The second-order valence-corrected chi connectivity index (χ2v) is 9.75. The molecule has 3 rings (SSSR count). The van der Waals surface area contributed by atoms with Crippen LogP contribution >= 0.6 is 23.2 Å². The Morgan fingerprint density at radius 2 is 1.89 bits per heavy atom. The zero-order valence-corrected chi connectivity index (χ0v) is 18.0. The summed E-state index contributed by atoms with van der Waals surface area (Å²) in [6, 6.07) is 9.34. The number of rotatable bonds is 4. The summed E-state index contributed by atoms with van der Waals surface area (Å²) in [6.45, 7) is 4.17. The van der Waals surface area contributed by atoms with Crippen molar-refractivity contribution >= 4 is 44.8 Å². The van der Waals surface area contributed by atoms with Gasteiger partial charge >= 0.3 is 0 Å². The number of carbonyl (C=O) groups is 1. The molecule has 0 spiro atoms. The number of nitrogens with one attached hydrogen (secondary N) is 1. The second kappa shape index (κ2) is 8.41. The van der Waals surface area contributed by atoms with E-state index in [4.69, 9.17) is 23.2 Å². The van der Waals surface area contributed by atoms with Gasteiger partial charge in [0.05, 0.1) is 15.6 Å². The Hall–Kier alpha value is -1.60. The van der Waals surface area contributed by atoms with Crippen LogP contribution in [-0.2, 0) is 10.0 Å². The van der Waals surface area contributed by atoms with Gasteiger partial charge in [0.15, 0.2) is 0 Å². The Bertz CT molecular complexity index is 1010. The molecule has 2 aromatic rings. The molecule has 1 fully saturated rings. The lowest BCUT2D eigenvalue weighted by Gasteiger charge is -2.32. The topological polar surface area (TPSA) is 66.5 Å². The third-order valence-electron chi connectivity index (χ3n) is 4.98. The molecule has 1 N–H and O–H groups in total. The van der Waals surface area contributed by atoms with E-state index < -0.39 is 15.9 Å². The first-order valence-electron chi connectivity index (χ1n) is 9.09. The number of hydrogen-bond acceptors (Lipinski definition) is 3. The van der Waals surface area contributed by atoms with Crippen LogP contribution in [0.4, 0.5) is 5.69 Å². The molecule has 150 valence electrons. The van der Waals surface area contributed by atoms with E-state index >= 15 is 0 Å². The fourth-order valence-electron chi connectivity index (χ4n) is 3.35. The lowest BCUT2D eigenvalue weighted by atomic mass is 10.1. The number of nitrogens with zero attached hydrogens (tertiary/aromatic N) is 1. The SMILES string of the molecule is Cc1ccc(S(=O)(=O)N2CCCCC2C)cc1C(=O)Nc1cc(Cl)ccc1Cl. The summed E-state index contributed by atoms with van der Waals surface area (Å²) in [5.41, 5.74) is 1.32. The average Bonchev–Trinajstić information content (AvgIpc) is 2.65. The Labute approximate surface area is 175 Å². The van der Waals surface area contributed by atoms with Crippen LogP contribution in [0.3, 0.4) is 0 Å². The molecule has 1 atom stereocenters. The molecule has 0 bridgehead atoms. The summed E-state index contributed by atoms with van der Waals surface area (Å²) >= 11 is 12.1. The van der Waals surface area contributed by atoms with Gasteiger partial charge in [-0.15, -0.1) is 0 Å². The van der Waals surface area contributed by atoms with Crippen molar-refractivity contribution in [2.24, 2.45) is 0 Å². The standard InChI is InChI=1S/C20H22Cl2N2O3S/c1-13-6-8-16(28(26,27)24-10-4-3-5-14(24)2)12-17(13)20(25)23-19-11-15(21)7-9-18(19)22/h6-9,11-12,14H,3-5,10H2,1-2H3,(H,23,25). The van der Waals surface area contributed by atoms with Gasteiger partial charge in [-0.25, -0.2) is 8.42 Å². The van der Waals surface area contributed by atoms with Gasteiger partial charge in [0.25, 0.3) is 5.91 Å². The van der Waals surface area contributed by atoms with Gasteiger partial charge in [-0.2, -0.15) is 4.31 Å². The molecule has 0 radical (unpaired) electrons. The van der Waals surface area contributed by atoms with Gasteiger partial charge in [0.1, 0.15) is 0 Å².